The minimum Gasteiger partial charge on any atom is -0.462 e. The van der Waals surface area contributed by atoms with E-state index in [1.807, 2.05) is 25.1 Å². The van der Waals surface area contributed by atoms with Crippen LogP contribution in [-0.4, -0.2) is 17.1 Å². The Morgan fingerprint density at radius 2 is 1.90 bits per heavy atom. The van der Waals surface area contributed by atoms with Crippen molar-refractivity contribution in [1.29, 1.82) is 0 Å². The molecule has 0 bridgehead atoms. The summed E-state index contributed by atoms with van der Waals surface area (Å²) in [6.45, 7) is 2.87. The zero-order chi connectivity index (χ0) is 14.4. The predicted octanol–water partition coefficient (Wildman–Crippen LogP) is 2.46. The molecule has 0 aliphatic carbocycles. The van der Waals surface area contributed by atoms with Crippen LogP contribution in [-0.2, 0) is 11.3 Å². The van der Waals surface area contributed by atoms with Crippen molar-refractivity contribution in [2.45, 2.75) is 19.9 Å². The SMILES string of the molecule is CCCOC(=O)c1ccc(Cn2ccccc2=O)cc1. The Hall–Kier alpha value is -2.36. The van der Waals surface area contributed by atoms with Crippen molar-refractivity contribution >= 4 is 5.97 Å². The van der Waals surface area contributed by atoms with Crippen LogP contribution >= 0.6 is 0 Å². The molecular weight excluding hydrogens is 254 g/mol. The van der Waals surface area contributed by atoms with Crippen LogP contribution in [0.1, 0.15) is 29.3 Å². The molecule has 2 aromatic rings. The molecule has 0 spiro atoms. The molecule has 0 aliphatic rings. The van der Waals surface area contributed by atoms with Gasteiger partial charge in [0, 0.05) is 12.3 Å². The van der Waals surface area contributed by atoms with Gasteiger partial charge in [-0.2, -0.15) is 0 Å². The Kier molecular flexibility index (Phi) is 4.71. The number of pyridine rings is 1. The van der Waals surface area contributed by atoms with Crippen molar-refractivity contribution in [3.05, 3.63) is 70.1 Å². The van der Waals surface area contributed by atoms with E-state index in [1.165, 1.54) is 6.07 Å². The zero-order valence-corrected chi connectivity index (χ0v) is 11.4. The first-order valence-corrected chi connectivity index (χ1v) is 6.62. The van der Waals surface area contributed by atoms with Crippen LogP contribution in [0.5, 0.6) is 0 Å². The van der Waals surface area contributed by atoms with Crippen molar-refractivity contribution in [2.24, 2.45) is 0 Å². The average molecular weight is 271 g/mol. The van der Waals surface area contributed by atoms with Gasteiger partial charge in [-0.05, 0) is 30.2 Å². The summed E-state index contributed by atoms with van der Waals surface area (Å²) in [6.07, 6.45) is 2.55. The smallest absolute Gasteiger partial charge is 0.338 e. The monoisotopic (exact) mass is 271 g/mol. The van der Waals surface area contributed by atoms with E-state index in [4.69, 9.17) is 4.74 Å². The van der Waals surface area contributed by atoms with Gasteiger partial charge in [0.05, 0.1) is 18.7 Å². The molecule has 0 N–H and O–H groups in total. The van der Waals surface area contributed by atoms with E-state index < -0.39 is 0 Å². The largest absolute Gasteiger partial charge is 0.462 e. The lowest BCUT2D eigenvalue weighted by atomic mass is 10.1. The lowest BCUT2D eigenvalue weighted by Crippen LogP contribution is -2.18. The van der Waals surface area contributed by atoms with Crippen molar-refractivity contribution in [3.63, 3.8) is 0 Å². The molecule has 4 nitrogen and oxygen atoms in total. The summed E-state index contributed by atoms with van der Waals surface area (Å²) in [5.74, 6) is -0.310. The second-order valence-corrected chi connectivity index (χ2v) is 4.50. The van der Waals surface area contributed by atoms with E-state index in [1.54, 1.807) is 29.0 Å². The van der Waals surface area contributed by atoms with Crippen LogP contribution in [0.15, 0.2) is 53.5 Å². The molecule has 0 radical (unpaired) electrons. The third kappa shape index (κ3) is 3.57. The van der Waals surface area contributed by atoms with E-state index in [9.17, 15) is 9.59 Å². The normalized spacial score (nSPS) is 10.2. The van der Waals surface area contributed by atoms with E-state index in [-0.39, 0.29) is 11.5 Å². The summed E-state index contributed by atoms with van der Waals surface area (Å²) < 4.78 is 6.68. The van der Waals surface area contributed by atoms with Gasteiger partial charge >= 0.3 is 5.97 Å². The molecule has 0 saturated heterocycles. The standard InChI is InChI=1S/C16H17NO3/c1-2-11-20-16(19)14-8-6-13(7-9-14)12-17-10-4-3-5-15(17)18/h3-10H,2,11-12H2,1H3. The summed E-state index contributed by atoms with van der Waals surface area (Å²) in [5.41, 5.74) is 1.45. The highest BCUT2D eigenvalue weighted by Gasteiger charge is 2.06. The number of hydrogen-bond acceptors (Lipinski definition) is 3. The number of aromatic nitrogens is 1. The van der Waals surface area contributed by atoms with Gasteiger partial charge in [-0.15, -0.1) is 0 Å². The lowest BCUT2D eigenvalue weighted by molar-refractivity contribution is 0.0505. The Labute approximate surface area is 117 Å². The first-order chi connectivity index (χ1) is 9.70. The van der Waals surface area contributed by atoms with Gasteiger partial charge in [0.15, 0.2) is 0 Å². The van der Waals surface area contributed by atoms with Gasteiger partial charge < -0.3 is 9.30 Å². The van der Waals surface area contributed by atoms with Crippen LogP contribution in [0.3, 0.4) is 0 Å². The fourth-order valence-electron chi connectivity index (χ4n) is 1.81. The number of rotatable bonds is 5. The van der Waals surface area contributed by atoms with Gasteiger partial charge in [-0.3, -0.25) is 4.79 Å². The highest BCUT2D eigenvalue weighted by Crippen LogP contribution is 2.07. The Bertz CT molecular complexity index is 629. The number of esters is 1. The number of carbonyl (C=O) groups excluding carboxylic acids is 1. The summed E-state index contributed by atoms with van der Waals surface area (Å²) in [4.78, 5) is 23.3. The Morgan fingerprint density at radius 1 is 1.15 bits per heavy atom. The number of benzene rings is 1. The summed E-state index contributed by atoms with van der Waals surface area (Å²) in [6, 6.07) is 12.2. The molecule has 20 heavy (non-hydrogen) atoms. The Morgan fingerprint density at radius 3 is 2.55 bits per heavy atom. The van der Waals surface area contributed by atoms with E-state index >= 15 is 0 Å². The molecule has 0 amide bonds. The number of carbonyl (C=O) groups is 1. The molecule has 0 atom stereocenters. The van der Waals surface area contributed by atoms with Crippen molar-refractivity contribution in [2.75, 3.05) is 6.61 Å². The molecule has 0 saturated carbocycles. The molecular formula is C16H17NO3. The van der Waals surface area contributed by atoms with Gasteiger partial charge in [0.25, 0.3) is 5.56 Å². The fourth-order valence-corrected chi connectivity index (χ4v) is 1.81. The fraction of sp³-hybridized carbons (Fsp3) is 0.250. The van der Waals surface area contributed by atoms with Crippen LogP contribution in [0.2, 0.25) is 0 Å². The van der Waals surface area contributed by atoms with Gasteiger partial charge in [0.1, 0.15) is 0 Å². The van der Waals surface area contributed by atoms with Gasteiger partial charge in [-0.25, -0.2) is 4.79 Å². The van der Waals surface area contributed by atoms with Gasteiger partial charge in [-0.1, -0.05) is 25.1 Å². The molecule has 104 valence electrons. The second-order valence-electron chi connectivity index (χ2n) is 4.50. The summed E-state index contributed by atoms with van der Waals surface area (Å²) in [5, 5.41) is 0. The minimum atomic E-state index is -0.310. The number of ether oxygens (including phenoxy) is 1. The lowest BCUT2D eigenvalue weighted by Gasteiger charge is -2.06. The predicted molar refractivity (Wildman–Crippen MR) is 76.8 cm³/mol. The maximum absolute atomic E-state index is 11.6. The minimum absolute atomic E-state index is 0.0427. The average Bonchev–Trinajstić information content (AvgIpc) is 2.48. The van der Waals surface area contributed by atoms with Crippen molar-refractivity contribution in [3.8, 4) is 0 Å². The molecule has 1 aromatic carbocycles. The highest BCUT2D eigenvalue weighted by molar-refractivity contribution is 5.89. The quantitative estimate of drug-likeness (QED) is 0.785. The van der Waals surface area contributed by atoms with Gasteiger partial charge in [0.2, 0.25) is 0 Å². The van der Waals surface area contributed by atoms with Crippen LogP contribution < -0.4 is 5.56 Å². The molecule has 2 rings (SSSR count). The van der Waals surface area contributed by atoms with Crippen LogP contribution in [0.25, 0.3) is 0 Å². The number of nitrogens with zero attached hydrogens (tertiary/aromatic N) is 1. The maximum Gasteiger partial charge on any atom is 0.338 e. The summed E-state index contributed by atoms with van der Waals surface area (Å²) >= 11 is 0. The van der Waals surface area contributed by atoms with Crippen LogP contribution in [0, 0.1) is 0 Å². The van der Waals surface area contributed by atoms with E-state index in [0.717, 1.165) is 12.0 Å². The first-order valence-electron chi connectivity index (χ1n) is 6.62. The van der Waals surface area contributed by atoms with Crippen LogP contribution in [0.4, 0.5) is 0 Å². The summed E-state index contributed by atoms with van der Waals surface area (Å²) in [7, 11) is 0. The van der Waals surface area contributed by atoms with E-state index in [0.29, 0.717) is 18.7 Å². The maximum atomic E-state index is 11.6. The zero-order valence-electron chi connectivity index (χ0n) is 11.4. The first kappa shape index (κ1) is 14.1. The molecule has 0 fully saturated rings. The number of hydrogen-bond donors (Lipinski definition) is 0. The molecule has 1 heterocycles. The molecule has 0 aliphatic heterocycles. The second kappa shape index (κ2) is 6.70. The molecule has 1 aromatic heterocycles. The van der Waals surface area contributed by atoms with E-state index in [2.05, 4.69) is 0 Å². The topological polar surface area (TPSA) is 48.3 Å². The molecule has 4 heteroatoms. The Balaban J connectivity index is 2.07. The molecule has 0 unspecified atom stereocenters. The van der Waals surface area contributed by atoms with Crippen molar-refractivity contribution < 1.29 is 9.53 Å². The highest BCUT2D eigenvalue weighted by atomic mass is 16.5. The third-order valence-electron chi connectivity index (χ3n) is 2.88. The van der Waals surface area contributed by atoms with Crippen molar-refractivity contribution in [1.82, 2.24) is 4.57 Å². The third-order valence-corrected chi connectivity index (χ3v) is 2.88.